The third kappa shape index (κ3) is 3.50. The van der Waals surface area contributed by atoms with Gasteiger partial charge in [-0.25, -0.2) is 4.39 Å². The second kappa shape index (κ2) is 3.19. The monoisotopic (exact) mass is 132 g/mol. The minimum Gasteiger partial charge on any atom is -0.244 e. The van der Waals surface area contributed by atoms with Crippen molar-refractivity contribution < 1.29 is 4.39 Å². The first-order chi connectivity index (χ1) is 3.98. The number of alkyl halides is 1. The molecule has 0 aliphatic heterocycles. The molecule has 0 nitrogen and oxygen atoms in total. The SMILES string of the molecule is CCC[C@H](C)C(C)(C)F. The molecule has 0 N–H and O–H groups in total. The van der Waals surface area contributed by atoms with Crippen molar-refractivity contribution in [3.8, 4) is 0 Å². The van der Waals surface area contributed by atoms with Crippen molar-refractivity contribution in [1.82, 2.24) is 0 Å². The van der Waals surface area contributed by atoms with Gasteiger partial charge in [-0.2, -0.15) is 0 Å². The molecule has 0 aromatic carbocycles. The molecule has 56 valence electrons. The van der Waals surface area contributed by atoms with Crippen molar-refractivity contribution >= 4 is 0 Å². The second-order valence-electron chi connectivity index (χ2n) is 3.25. The normalized spacial score (nSPS) is 15.7. The number of hydrogen-bond acceptors (Lipinski definition) is 0. The van der Waals surface area contributed by atoms with Crippen LogP contribution in [0, 0.1) is 5.92 Å². The van der Waals surface area contributed by atoms with Crippen LogP contribution in [-0.2, 0) is 0 Å². The lowest BCUT2D eigenvalue weighted by Gasteiger charge is -2.22. The lowest BCUT2D eigenvalue weighted by Crippen LogP contribution is -2.22. The van der Waals surface area contributed by atoms with Gasteiger partial charge in [0.1, 0.15) is 5.67 Å². The fraction of sp³-hybridized carbons (Fsp3) is 1.00. The Labute approximate surface area is 57.5 Å². The van der Waals surface area contributed by atoms with Crippen LogP contribution in [0.25, 0.3) is 0 Å². The molecule has 0 unspecified atom stereocenters. The summed E-state index contributed by atoms with van der Waals surface area (Å²) in [6.45, 7) is 7.34. The molecule has 0 aromatic heterocycles. The summed E-state index contributed by atoms with van der Waals surface area (Å²) in [5, 5.41) is 0. The molecule has 0 heterocycles. The molecular formula is C8H17F. The molecule has 0 aliphatic carbocycles. The van der Waals surface area contributed by atoms with Crippen molar-refractivity contribution in [1.29, 1.82) is 0 Å². The summed E-state index contributed by atoms with van der Waals surface area (Å²) in [4.78, 5) is 0. The zero-order valence-corrected chi connectivity index (χ0v) is 6.87. The zero-order valence-electron chi connectivity index (χ0n) is 6.87. The highest BCUT2D eigenvalue weighted by atomic mass is 19.1. The van der Waals surface area contributed by atoms with Gasteiger partial charge in [0.25, 0.3) is 0 Å². The molecule has 0 rings (SSSR count). The summed E-state index contributed by atoms with van der Waals surface area (Å²) < 4.78 is 13.0. The van der Waals surface area contributed by atoms with Crippen LogP contribution in [0.15, 0.2) is 0 Å². The molecule has 0 aliphatic rings. The third-order valence-corrected chi connectivity index (χ3v) is 1.89. The highest BCUT2D eigenvalue weighted by Gasteiger charge is 2.23. The van der Waals surface area contributed by atoms with E-state index in [2.05, 4.69) is 6.92 Å². The summed E-state index contributed by atoms with van der Waals surface area (Å²) in [6, 6.07) is 0. The summed E-state index contributed by atoms with van der Waals surface area (Å²) in [7, 11) is 0. The van der Waals surface area contributed by atoms with Crippen molar-refractivity contribution in [3.63, 3.8) is 0 Å². The third-order valence-electron chi connectivity index (χ3n) is 1.89. The van der Waals surface area contributed by atoms with Gasteiger partial charge in [-0.15, -0.1) is 0 Å². The van der Waals surface area contributed by atoms with Crippen LogP contribution < -0.4 is 0 Å². The van der Waals surface area contributed by atoms with E-state index < -0.39 is 5.67 Å². The van der Waals surface area contributed by atoms with Crippen molar-refractivity contribution in [3.05, 3.63) is 0 Å². The highest BCUT2D eigenvalue weighted by Crippen LogP contribution is 2.24. The van der Waals surface area contributed by atoms with E-state index in [1.807, 2.05) is 6.92 Å². The molecule has 0 bridgehead atoms. The Bertz CT molecular complexity index is 71.1. The maximum Gasteiger partial charge on any atom is 0.108 e. The van der Waals surface area contributed by atoms with Crippen LogP contribution in [0.5, 0.6) is 0 Å². The average Bonchev–Trinajstić information content (AvgIpc) is 1.64. The zero-order chi connectivity index (χ0) is 7.49. The smallest absolute Gasteiger partial charge is 0.108 e. The molecule has 0 fully saturated rings. The molecule has 1 atom stereocenters. The van der Waals surface area contributed by atoms with E-state index >= 15 is 0 Å². The molecule has 0 spiro atoms. The fourth-order valence-electron chi connectivity index (χ4n) is 0.776. The van der Waals surface area contributed by atoms with Crippen LogP contribution >= 0.6 is 0 Å². The first-order valence-corrected chi connectivity index (χ1v) is 3.67. The fourth-order valence-corrected chi connectivity index (χ4v) is 0.776. The molecule has 0 aromatic rings. The van der Waals surface area contributed by atoms with E-state index in [4.69, 9.17) is 0 Å². The first kappa shape index (κ1) is 8.93. The maximum atomic E-state index is 13.0. The summed E-state index contributed by atoms with van der Waals surface area (Å²) in [6.07, 6.45) is 2.07. The summed E-state index contributed by atoms with van der Waals surface area (Å²) in [5.74, 6) is 0.197. The number of halogens is 1. The predicted molar refractivity (Wildman–Crippen MR) is 39.3 cm³/mol. The Hall–Kier alpha value is -0.0700. The molecule has 1 heteroatoms. The Morgan fingerprint density at radius 2 is 1.89 bits per heavy atom. The maximum absolute atomic E-state index is 13.0. The van der Waals surface area contributed by atoms with Crippen LogP contribution in [0.1, 0.15) is 40.5 Å². The van der Waals surface area contributed by atoms with Crippen molar-refractivity contribution in [2.75, 3.05) is 0 Å². The number of rotatable bonds is 3. The van der Waals surface area contributed by atoms with E-state index in [9.17, 15) is 4.39 Å². The molecule has 0 saturated heterocycles. The quantitative estimate of drug-likeness (QED) is 0.553. The van der Waals surface area contributed by atoms with Crippen LogP contribution in [0.3, 0.4) is 0 Å². The minimum atomic E-state index is -0.990. The van der Waals surface area contributed by atoms with Gasteiger partial charge in [0.2, 0.25) is 0 Å². The Balaban J connectivity index is 3.59. The molecule has 9 heavy (non-hydrogen) atoms. The standard InChI is InChI=1S/C8H17F/c1-5-6-7(2)8(3,4)9/h7H,5-6H2,1-4H3/t7-/m0/s1. The molecule has 0 amide bonds. The Morgan fingerprint density at radius 1 is 1.44 bits per heavy atom. The Kier molecular flexibility index (Phi) is 3.16. The second-order valence-corrected chi connectivity index (χ2v) is 3.25. The van der Waals surface area contributed by atoms with Crippen LogP contribution in [0.2, 0.25) is 0 Å². The van der Waals surface area contributed by atoms with Crippen LogP contribution in [0.4, 0.5) is 4.39 Å². The van der Waals surface area contributed by atoms with Crippen molar-refractivity contribution in [2.24, 2.45) is 5.92 Å². The van der Waals surface area contributed by atoms with E-state index in [-0.39, 0.29) is 5.92 Å². The van der Waals surface area contributed by atoms with E-state index in [0.29, 0.717) is 0 Å². The molecule has 0 saturated carbocycles. The van der Waals surface area contributed by atoms with Gasteiger partial charge in [0.05, 0.1) is 0 Å². The van der Waals surface area contributed by atoms with E-state index in [1.54, 1.807) is 13.8 Å². The molecular weight excluding hydrogens is 115 g/mol. The van der Waals surface area contributed by atoms with Gasteiger partial charge < -0.3 is 0 Å². The Morgan fingerprint density at radius 3 is 2.00 bits per heavy atom. The summed E-state index contributed by atoms with van der Waals surface area (Å²) >= 11 is 0. The van der Waals surface area contributed by atoms with Gasteiger partial charge in [0.15, 0.2) is 0 Å². The van der Waals surface area contributed by atoms with Gasteiger partial charge in [-0.1, -0.05) is 20.3 Å². The van der Waals surface area contributed by atoms with E-state index in [0.717, 1.165) is 12.8 Å². The number of hydrogen-bond donors (Lipinski definition) is 0. The van der Waals surface area contributed by atoms with Crippen LogP contribution in [-0.4, -0.2) is 5.67 Å². The predicted octanol–water partition coefficient (Wildman–Crippen LogP) is 3.17. The van der Waals surface area contributed by atoms with Gasteiger partial charge in [-0.3, -0.25) is 0 Å². The highest BCUT2D eigenvalue weighted by molar-refractivity contribution is 4.72. The lowest BCUT2D eigenvalue weighted by molar-refractivity contribution is 0.129. The summed E-state index contributed by atoms with van der Waals surface area (Å²) in [5.41, 5.74) is -0.990. The van der Waals surface area contributed by atoms with Gasteiger partial charge in [0, 0.05) is 0 Å². The topological polar surface area (TPSA) is 0 Å². The van der Waals surface area contributed by atoms with E-state index in [1.165, 1.54) is 0 Å². The van der Waals surface area contributed by atoms with Crippen molar-refractivity contribution in [2.45, 2.75) is 46.2 Å². The van der Waals surface area contributed by atoms with Gasteiger partial charge >= 0.3 is 0 Å². The average molecular weight is 132 g/mol. The molecule has 0 radical (unpaired) electrons. The largest absolute Gasteiger partial charge is 0.244 e. The minimum absolute atomic E-state index is 0.197. The lowest BCUT2D eigenvalue weighted by atomic mass is 9.91. The van der Waals surface area contributed by atoms with Gasteiger partial charge in [-0.05, 0) is 26.2 Å². The first-order valence-electron chi connectivity index (χ1n) is 3.67.